The van der Waals surface area contributed by atoms with Gasteiger partial charge in [-0.1, -0.05) is 27.7 Å². The van der Waals surface area contributed by atoms with Crippen molar-refractivity contribution in [3.8, 4) is 0 Å². The van der Waals surface area contributed by atoms with Crippen LogP contribution in [0.1, 0.15) is 40.3 Å². The van der Waals surface area contributed by atoms with Gasteiger partial charge in [-0.3, -0.25) is 4.68 Å². The highest BCUT2D eigenvalue weighted by Crippen LogP contribution is 2.62. The average Bonchev–Trinajstić information content (AvgIpc) is 2.59. The summed E-state index contributed by atoms with van der Waals surface area (Å²) in [6.45, 7) is 13.3. The summed E-state index contributed by atoms with van der Waals surface area (Å²) in [4.78, 5) is 0. The van der Waals surface area contributed by atoms with Crippen LogP contribution in [-0.2, 0) is 13.1 Å². The van der Waals surface area contributed by atoms with Crippen molar-refractivity contribution in [3.05, 3.63) is 18.0 Å². The van der Waals surface area contributed by atoms with Crippen molar-refractivity contribution in [2.24, 2.45) is 10.8 Å². The van der Waals surface area contributed by atoms with Crippen LogP contribution in [0.2, 0.25) is 0 Å². The third-order valence-corrected chi connectivity index (χ3v) is 4.61. The van der Waals surface area contributed by atoms with Gasteiger partial charge in [0.15, 0.2) is 0 Å². The lowest BCUT2D eigenvalue weighted by atomic mass is 10.0. The highest BCUT2D eigenvalue weighted by molar-refractivity contribution is 5.18. The van der Waals surface area contributed by atoms with Crippen LogP contribution in [0.25, 0.3) is 0 Å². The Hall–Kier alpha value is -0.830. The molecule has 1 aromatic rings. The Morgan fingerprint density at radius 3 is 2.44 bits per heavy atom. The Bertz CT molecular complexity index is 362. The fraction of sp³-hybridized carbons (Fsp3) is 0.769. The molecule has 0 radical (unpaired) electrons. The van der Waals surface area contributed by atoms with Gasteiger partial charge in [-0.15, -0.1) is 0 Å². The summed E-state index contributed by atoms with van der Waals surface area (Å²) < 4.78 is 2.05. The monoisotopic (exact) mass is 221 g/mol. The number of hydrogen-bond acceptors (Lipinski definition) is 2. The zero-order valence-electron chi connectivity index (χ0n) is 11.0. The summed E-state index contributed by atoms with van der Waals surface area (Å²) in [5.41, 5.74) is 2.09. The Kier molecular flexibility index (Phi) is 2.61. The van der Waals surface area contributed by atoms with Crippen molar-refractivity contribution in [1.82, 2.24) is 15.1 Å². The van der Waals surface area contributed by atoms with Gasteiger partial charge in [0.2, 0.25) is 0 Å². The van der Waals surface area contributed by atoms with E-state index in [0.717, 1.165) is 13.1 Å². The smallest absolute Gasteiger partial charge is 0.0522 e. The molecule has 0 aromatic carbocycles. The molecule has 1 fully saturated rings. The molecule has 1 saturated carbocycles. The van der Waals surface area contributed by atoms with E-state index in [0.29, 0.717) is 16.9 Å². The first-order valence-electron chi connectivity index (χ1n) is 6.15. The van der Waals surface area contributed by atoms with E-state index in [4.69, 9.17) is 0 Å². The van der Waals surface area contributed by atoms with Gasteiger partial charge < -0.3 is 5.32 Å². The molecule has 0 bridgehead atoms. The quantitative estimate of drug-likeness (QED) is 0.846. The van der Waals surface area contributed by atoms with Gasteiger partial charge >= 0.3 is 0 Å². The Labute approximate surface area is 98.2 Å². The zero-order valence-corrected chi connectivity index (χ0v) is 11.0. The fourth-order valence-corrected chi connectivity index (χ4v) is 2.71. The van der Waals surface area contributed by atoms with Crippen LogP contribution < -0.4 is 5.32 Å². The van der Waals surface area contributed by atoms with E-state index in [1.54, 1.807) is 0 Å². The van der Waals surface area contributed by atoms with Crippen LogP contribution in [0.4, 0.5) is 0 Å². The largest absolute Gasteiger partial charge is 0.307 e. The highest BCUT2D eigenvalue weighted by atomic mass is 15.3. The van der Waals surface area contributed by atoms with E-state index < -0.39 is 0 Å². The molecule has 3 nitrogen and oxygen atoms in total. The lowest BCUT2D eigenvalue weighted by molar-refractivity contribution is 0.457. The second-order valence-corrected chi connectivity index (χ2v) is 5.90. The van der Waals surface area contributed by atoms with Gasteiger partial charge in [-0.2, -0.15) is 5.10 Å². The maximum atomic E-state index is 4.28. The van der Waals surface area contributed by atoms with Crippen LogP contribution >= 0.6 is 0 Å². The van der Waals surface area contributed by atoms with E-state index in [1.165, 1.54) is 5.69 Å². The minimum Gasteiger partial charge on any atom is -0.307 e. The molecule has 16 heavy (non-hydrogen) atoms. The summed E-state index contributed by atoms with van der Waals surface area (Å²) in [6, 6.07) is 2.71. The molecule has 0 amide bonds. The molecule has 1 aromatic heterocycles. The minimum absolute atomic E-state index is 0.407. The van der Waals surface area contributed by atoms with Crippen molar-refractivity contribution in [3.63, 3.8) is 0 Å². The molecule has 1 N–H and O–H groups in total. The van der Waals surface area contributed by atoms with E-state index in [-0.39, 0.29) is 0 Å². The van der Waals surface area contributed by atoms with Gasteiger partial charge in [0.25, 0.3) is 0 Å². The summed E-state index contributed by atoms with van der Waals surface area (Å²) in [6.07, 6.45) is 1.88. The first kappa shape index (κ1) is 11.6. The Morgan fingerprint density at radius 2 is 1.94 bits per heavy atom. The maximum Gasteiger partial charge on any atom is 0.0522 e. The van der Waals surface area contributed by atoms with E-state index in [2.05, 4.69) is 55.8 Å². The second kappa shape index (κ2) is 3.59. The van der Waals surface area contributed by atoms with Crippen LogP contribution in [0.5, 0.6) is 0 Å². The Morgan fingerprint density at radius 1 is 1.31 bits per heavy atom. The number of hydrogen-bond donors (Lipinski definition) is 1. The molecule has 0 saturated heterocycles. The molecule has 3 heteroatoms. The molecule has 90 valence electrons. The molecule has 0 spiro atoms. The van der Waals surface area contributed by atoms with E-state index in [9.17, 15) is 0 Å². The lowest BCUT2D eigenvalue weighted by Gasteiger charge is -2.08. The van der Waals surface area contributed by atoms with E-state index in [1.807, 2.05) is 6.20 Å². The third kappa shape index (κ3) is 1.58. The number of aryl methyl sites for hydroxylation is 1. The normalized spacial score (nSPS) is 22.3. The Balaban J connectivity index is 1.95. The van der Waals surface area contributed by atoms with Gasteiger partial charge in [-0.25, -0.2) is 0 Å². The average molecular weight is 221 g/mol. The van der Waals surface area contributed by atoms with Crippen LogP contribution in [0.3, 0.4) is 0 Å². The standard InChI is InChI=1S/C13H23N3/c1-6-16-10(7-8-15-16)9-14-11-12(2,3)13(11,4)5/h7-8,11,14H,6,9H2,1-5H3. The first-order valence-corrected chi connectivity index (χ1v) is 6.15. The number of aromatic nitrogens is 2. The fourth-order valence-electron chi connectivity index (χ4n) is 2.71. The molecule has 0 atom stereocenters. The summed E-state index contributed by atoms with van der Waals surface area (Å²) in [5, 5.41) is 7.94. The second-order valence-electron chi connectivity index (χ2n) is 5.90. The summed E-state index contributed by atoms with van der Waals surface area (Å²) in [5.74, 6) is 0. The molecular formula is C13H23N3. The van der Waals surface area contributed by atoms with E-state index >= 15 is 0 Å². The number of nitrogens with one attached hydrogen (secondary N) is 1. The zero-order chi connectivity index (χ0) is 12.0. The van der Waals surface area contributed by atoms with Gasteiger partial charge in [0.05, 0.1) is 5.69 Å². The van der Waals surface area contributed by atoms with Crippen molar-refractivity contribution < 1.29 is 0 Å². The lowest BCUT2D eigenvalue weighted by Crippen LogP contribution is -2.23. The number of nitrogens with zero attached hydrogens (tertiary/aromatic N) is 2. The van der Waals surface area contributed by atoms with Crippen LogP contribution in [-0.4, -0.2) is 15.8 Å². The van der Waals surface area contributed by atoms with Gasteiger partial charge in [0, 0.05) is 25.3 Å². The molecule has 1 aliphatic carbocycles. The van der Waals surface area contributed by atoms with Crippen molar-refractivity contribution >= 4 is 0 Å². The van der Waals surface area contributed by atoms with Crippen molar-refractivity contribution in [2.75, 3.05) is 0 Å². The summed E-state index contributed by atoms with van der Waals surface area (Å²) >= 11 is 0. The van der Waals surface area contributed by atoms with Crippen LogP contribution in [0.15, 0.2) is 12.3 Å². The van der Waals surface area contributed by atoms with Crippen molar-refractivity contribution in [1.29, 1.82) is 0 Å². The third-order valence-electron chi connectivity index (χ3n) is 4.61. The minimum atomic E-state index is 0.407. The predicted octanol–water partition coefficient (Wildman–Crippen LogP) is 2.43. The molecule has 1 heterocycles. The maximum absolute atomic E-state index is 4.28. The van der Waals surface area contributed by atoms with Gasteiger partial charge in [-0.05, 0) is 23.8 Å². The van der Waals surface area contributed by atoms with Crippen LogP contribution in [0, 0.1) is 10.8 Å². The number of rotatable bonds is 4. The highest BCUT2D eigenvalue weighted by Gasteiger charge is 2.64. The summed E-state index contributed by atoms with van der Waals surface area (Å²) in [7, 11) is 0. The molecule has 0 aliphatic heterocycles. The molecule has 0 unspecified atom stereocenters. The molecular weight excluding hydrogens is 198 g/mol. The van der Waals surface area contributed by atoms with Gasteiger partial charge in [0.1, 0.15) is 0 Å². The van der Waals surface area contributed by atoms with Crippen molar-refractivity contribution in [2.45, 2.75) is 53.8 Å². The SMILES string of the molecule is CCn1nccc1CNC1C(C)(C)C1(C)C. The first-order chi connectivity index (χ1) is 7.41. The topological polar surface area (TPSA) is 29.9 Å². The molecule has 2 rings (SSSR count). The predicted molar refractivity (Wildman–Crippen MR) is 66.1 cm³/mol. The molecule has 1 aliphatic rings.